The minimum absolute atomic E-state index is 0.318. The van der Waals surface area contributed by atoms with E-state index in [4.69, 9.17) is 16.3 Å². The average molecular weight is 414 g/mol. The third-order valence-electron chi connectivity index (χ3n) is 3.75. The zero-order valence-corrected chi connectivity index (χ0v) is 16.7. The van der Waals surface area contributed by atoms with Gasteiger partial charge in [0.15, 0.2) is 5.82 Å². The summed E-state index contributed by atoms with van der Waals surface area (Å²) in [6, 6.07) is 5.47. The van der Waals surface area contributed by atoms with Gasteiger partial charge in [0, 0.05) is 11.1 Å². The van der Waals surface area contributed by atoms with Gasteiger partial charge in [-0.05, 0) is 49.7 Å². The smallest absolute Gasteiger partial charge is 0.270 e. The van der Waals surface area contributed by atoms with Gasteiger partial charge in [0.2, 0.25) is 0 Å². The highest BCUT2D eigenvalue weighted by molar-refractivity contribution is 7.08. The predicted molar refractivity (Wildman–Crippen MR) is 110 cm³/mol. The SMILES string of the molecule is C=CO/C(=C\C)c1ccc(Cl)c(-c2cnc(NC(=O)c3snnc3C)cn2)c1. The van der Waals surface area contributed by atoms with Crippen LogP contribution >= 0.6 is 23.1 Å². The van der Waals surface area contributed by atoms with E-state index in [1.807, 2.05) is 25.1 Å². The molecular weight excluding hydrogens is 398 g/mol. The van der Waals surface area contributed by atoms with Crippen molar-refractivity contribution in [2.24, 2.45) is 0 Å². The molecule has 1 N–H and O–H groups in total. The minimum Gasteiger partial charge on any atom is -0.465 e. The van der Waals surface area contributed by atoms with Gasteiger partial charge in [0.05, 0.1) is 35.1 Å². The number of benzene rings is 1. The first-order valence-corrected chi connectivity index (χ1v) is 9.35. The molecule has 0 fully saturated rings. The van der Waals surface area contributed by atoms with E-state index in [2.05, 4.69) is 31.5 Å². The maximum atomic E-state index is 12.2. The molecule has 3 aromatic rings. The number of aromatic nitrogens is 4. The van der Waals surface area contributed by atoms with Crippen molar-refractivity contribution >= 4 is 40.6 Å². The largest absolute Gasteiger partial charge is 0.465 e. The van der Waals surface area contributed by atoms with E-state index in [0.29, 0.717) is 38.4 Å². The number of allylic oxidation sites excluding steroid dienone is 1. The Hall–Kier alpha value is -3.10. The van der Waals surface area contributed by atoms with Crippen LogP contribution in [0.15, 0.2) is 49.5 Å². The molecule has 0 aliphatic carbocycles. The molecule has 3 rings (SSSR count). The summed E-state index contributed by atoms with van der Waals surface area (Å²) in [6.07, 6.45) is 6.20. The first kappa shape index (κ1) is 19.7. The Morgan fingerprint density at radius 2 is 2.14 bits per heavy atom. The average Bonchev–Trinajstić information content (AvgIpc) is 3.13. The molecule has 1 amide bonds. The summed E-state index contributed by atoms with van der Waals surface area (Å²) in [4.78, 5) is 21.3. The highest BCUT2D eigenvalue weighted by Crippen LogP contribution is 2.30. The molecular formula is C19H16ClN5O2S. The number of carbonyl (C=O) groups is 1. The Bertz CT molecular complexity index is 1050. The molecule has 0 unspecified atom stereocenters. The van der Waals surface area contributed by atoms with Gasteiger partial charge in [0.25, 0.3) is 5.91 Å². The van der Waals surface area contributed by atoms with E-state index >= 15 is 0 Å². The van der Waals surface area contributed by atoms with Crippen molar-refractivity contribution < 1.29 is 9.53 Å². The number of aryl methyl sites for hydroxylation is 1. The fourth-order valence-corrected chi connectivity index (χ4v) is 3.18. The lowest BCUT2D eigenvalue weighted by molar-refractivity contribution is 0.102. The Kier molecular flexibility index (Phi) is 6.13. The third-order valence-corrected chi connectivity index (χ3v) is 4.91. The number of nitrogens with zero attached hydrogens (tertiary/aromatic N) is 4. The molecule has 0 radical (unpaired) electrons. The number of carbonyl (C=O) groups excluding carboxylic acids is 1. The molecule has 0 aliphatic rings. The van der Waals surface area contributed by atoms with Crippen LogP contribution < -0.4 is 5.32 Å². The van der Waals surface area contributed by atoms with Crippen LogP contribution in [0.5, 0.6) is 0 Å². The summed E-state index contributed by atoms with van der Waals surface area (Å²) in [6.45, 7) is 7.16. The number of hydrogen-bond acceptors (Lipinski definition) is 7. The first-order chi connectivity index (χ1) is 13.5. The van der Waals surface area contributed by atoms with Crippen LogP contribution in [0.3, 0.4) is 0 Å². The standard InChI is InChI=1S/C19H16ClN5O2S/c1-4-16(27-5-2)12-6-7-14(20)13(8-12)15-9-22-17(10-21-15)23-19(26)18-11(3)24-25-28-18/h4-10H,2H2,1,3H3,(H,22,23,26)/b16-4-. The molecule has 28 heavy (non-hydrogen) atoms. The number of ether oxygens (including phenoxy) is 1. The molecule has 0 atom stereocenters. The molecule has 2 heterocycles. The summed E-state index contributed by atoms with van der Waals surface area (Å²) in [7, 11) is 0. The fraction of sp³-hybridized carbons (Fsp3) is 0.105. The van der Waals surface area contributed by atoms with Gasteiger partial charge >= 0.3 is 0 Å². The van der Waals surface area contributed by atoms with E-state index in [9.17, 15) is 4.79 Å². The van der Waals surface area contributed by atoms with E-state index in [1.54, 1.807) is 19.2 Å². The number of nitrogens with one attached hydrogen (secondary N) is 1. The van der Waals surface area contributed by atoms with Crippen molar-refractivity contribution in [1.82, 2.24) is 19.6 Å². The Labute approximate surface area is 170 Å². The second kappa shape index (κ2) is 8.73. The maximum absolute atomic E-state index is 12.2. The number of amides is 1. The molecule has 9 heteroatoms. The van der Waals surface area contributed by atoms with Gasteiger partial charge in [-0.15, -0.1) is 5.10 Å². The van der Waals surface area contributed by atoms with E-state index in [0.717, 1.165) is 17.1 Å². The van der Waals surface area contributed by atoms with Crippen molar-refractivity contribution in [3.63, 3.8) is 0 Å². The van der Waals surface area contributed by atoms with Crippen LogP contribution in [-0.2, 0) is 4.74 Å². The van der Waals surface area contributed by atoms with Crippen molar-refractivity contribution in [1.29, 1.82) is 0 Å². The summed E-state index contributed by atoms with van der Waals surface area (Å²) < 4.78 is 9.15. The summed E-state index contributed by atoms with van der Waals surface area (Å²) in [5.74, 6) is 0.644. The summed E-state index contributed by atoms with van der Waals surface area (Å²) in [5, 5.41) is 7.02. The van der Waals surface area contributed by atoms with Crippen molar-refractivity contribution in [3.05, 3.63) is 70.7 Å². The van der Waals surface area contributed by atoms with Gasteiger partial charge in [-0.1, -0.05) is 22.7 Å². The summed E-state index contributed by atoms with van der Waals surface area (Å²) in [5.41, 5.74) is 2.65. The summed E-state index contributed by atoms with van der Waals surface area (Å²) >= 11 is 7.36. The predicted octanol–water partition coefficient (Wildman–Crippen LogP) is 4.73. The zero-order valence-electron chi connectivity index (χ0n) is 15.1. The lowest BCUT2D eigenvalue weighted by Crippen LogP contribution is -2.13. The van der Waals surface area contributed by atoms with Gasteiger partial charge in [-0.2, -0.15) is 0 Å². The second-order valence-corrected chi connectivity index (χ2v) is 6.72. The topological polar surface area (TPSA) is 89.9 Å². The monoisotopic (exact) mass is 413 g/mol. The minimum atomic E-state index is -0.325. The lowest BCUT2D eigenvalue weighted by atomic mass is 10.1. The quantitative estimate of drug-likeness (QED) is 0.587. The zero-order chi connectivity index (χ0) is 20.1. The molecule has 0 aliphatic heterocycles. The molecule has 0 saturated carbocycles. The molecule has 1 aromatic carbocycles. The Morgan fingerprint density at radius 3 is 2.75 bits per heavy atom. The van der Waals surface area contributed by atoms with E-state index in [1.165, 1.54) is 12.5 Å². The molecule has 2 aromatic heterocycles. The van der Waals surface area contributed by atoms with Crippen molar-refractivity contribution in [3.8, 4) is 11.3 Å². The number of hydrogen-bond donors (Lipinski definition) is 1. The van der Waals surface area contributed by atoms with Gasteiger partial charge in [-0.25, -0.2) is 4.98 Å². The molecule has 142 valence electrons. The normalized spacial score (nSPS) is 11.2. The number of halogens is 1. The lowest BCUT2D eigenvalue weighted by Gasteiger charge is -2.10. The van der Waals surface area contributed by atoms with E-state index < -0.39 is 0 Å². The van der Waals surface area contributed by atoms with Gasteiger partial charge in [0.1, 0.15) is 10.6 Å². The molecule has 0 bridgehead atoms. The van der Waals surface area contributed by atoms with Crippen molar-refractivity contribution in [2.75, 3.05) is 5.32 Å². The van der Waals surface area contributed by atoms with Crippen LogP contribution in [0, 0.1) is 6.92 Å². The van der Waals surface area contributed by atoms with Gasteiger partial charge in [-0.3, -0.25) is 9.78 Å². The molecule has 7 nitrogen and oxygen atoms in total. The second-order valence-electron chi connectivity index (χ2n) is 5.56. The van der Waals surface area contributed by atoms with Crippen LogP contribution in [0.1, 0.15) is 27.9 Å². The highest BCUT2D eigenvalue weighted by atomic mass is 35.5. The van der Waals surface area contributed by atoms with Crippen LogP contribution in [0.4, 0.5) is 5.82 Å². The maximum Gasteiger partial charge on any atom is 0.270 e. The fourth-order valence-electron chi connectivity index (χ4n) is 2.41. The Morgan fingerprint density at radius 1 is 1.32 bits per heavy atom. The first-order valence-electron chi connectivity index (χ1n) is 8.20. The van der Waals surface area contributed by atoms with Crippen LogP contribution in [-0.4, -0.2) is 25.5 Å². The van der Waals surface area contributed by atoms with Crippen LogP contribution in [0.2, 0.25) is 5.02 Å². The van der Waals surface area contributed by atoms with Crippen LogP contribution in [0.25, 0.3) is 17.0 Å². The number of anilines is 1. The highest BCUT2D eigenvalue weighted by Gasteiger charge is 2.15. The van der Waals surface area contributed by atoms with Crippen molar-refractivity contribution in [2.45, 2.75) is 13.8 Å². The molecule has 0 saturated heterocycles. The van der Waals surface area contributed by atoms with Gasteiger partial charge < -0.3 is 10.1 Å². The van der Waals surface area contributed by atoms with E-state index in [-0.39, 0.29) is 5.91 Å². The number of rotatable bonds is 6. The molecule has 0 spiro atoms. The third kappa shape index (κ3) is 4.24. The Balaban J connectivity index is 1.84.